The zero-order valence-electron chi connectivity index (χ0n) is 13.2. The van der Waals surface area contributed by atoms with Crippen LogP contribution in [-0.4, -0.2) is 36.5 Å². The van der Waals surface area contributed by atoms with E-state index in [1.807, 2.05) is 20.8 Å². The van der Waals surface area contributed by atoms with Gasteiger partial charge < -0.3 is 14.4 Å². The second-order valence-electron chi connectivity index (χ2n) is 6.08. The number of carbonyl (C=O) groups excluding carboxylic acids is 2. The van der Waals surface area contributed by atoms with E-state index in [4.69, 9.17) is 27.9 Å². The van der Waals surface area contributed by atoms with Gasteiger partial charge in [0.05, 0.1) is 10.0 Å². The Hall–Kier alpha value is -1.26. The minimum Gasteiger partial charge on any atom is -0.449 e. The number of rotatable bonds is 5. The van der Waals surface area contributed by atoms with E-state index >= 15 is 0 Å². The van der Waals surface area contributed by atoms with Gasteiger partial charge in [-0.3, -0.25) is 0 Å². The fraction of sp³-hybridized carbons (Fsp3) is 0.500. The molecule has 22 heavy (non-hydrogen) atoms. The van der Waals surface area contributed by atoms with Crippen molar-refractivity contribution >= 4 is 35.6 Å². The number of hydrogen-bond acceptors (Lipinski definition) is 3. The smallest absolute Gasteiger partial charge is 0.409 e. The Bertz CT molecular complexity index is 541. The van der Waals surface area contributed by atoms with Crippen LogP contribution in [0.4, 0.5) is 4.79 Å². The van der Waals surface area contributed by atoms with E-state index in [-0.39, 0.29) is 24.5 Å². The standard InChI is InChI=1S/C16H21Cl2NO3/c1-16(2,3)19(4)15(21)22-10-12(7-8-20)11-5-6-13(17)14(18)9-11/h5-6,8-9,12H,7,10H2,1-4H3/t12-/m1/s1. The second kappa shape index (κ2) is 7.84. The average Bonchev–Trinajstić information content (AvgIpc) is 2.44. The molecule has 1 atom stereocenters. The summed E-state index contributed by atoms with van der Waals surface area (Å²) in [5, 5.41) is 0.855. The molecule has 1 rings (SSSR count). The number of carbonyl (C=O) groups is 2. The Labute approximate surface area is 141 Å². The summed E-state index contributed by atoms with van der Waals surface area (Å²) in [6.07, 6.45) is 0.613. The molecule has 0 aliphatic rings. The van der Waals surface area contributed by atoms with Crippen molar-refractivity contribution in [3.8, 4) is 0 Å². The molecule has 1 amide bonds. The first-order valence-electron chi connectivity index (χ1n) is 6.96. The molecule has 0 fully saturated rings. The summed E-state index contributed by atoms with van der Waals surface area (Å²) in [7, 11) is 1.68. The van der Waals surface area contributed by atoms with Gasteiger partial charge in [-0.25, -0.2) is 4.79 Å². The monoisotopic (exact) mass is 345 g/mol. The average molecular weight is 346 g/mol. The number of ether oxygens (including phenoxy) is 1. The summed E-state index contributed by atoms with van der Waals surface area (Å²) in [6.45, 7) is 5.85. The molecule has 122 valence electrons. The Balaban J connectivity index is 2.78. The number of amides is 1. The summed E-state index contributed by atoms with van der Waals surface area (Å²) in [5.41, 5.74) is 0.480. The van der Waals surface area contributed by atoms with Gasteiger partial charge in [-0.15, -0.1) is 0 Å². The van der Waals surface area contributed by atoms with Crippen molar-refractivity contribution in [2.45, 2.75) is 38.6 Å². The van der Waals surface area contributed by atoms with Gasteiger partial charge in [0.1, 0.15) is 12.9 Å². The number of aldehydes is 1. The Morgan fingerprint density at radius 1 is 1.32 bits per heavy atom. The fourth-order valence-corrected chi connectivity index (χ4v) is 2.03. The van der Waals surface area contributed by atoms with Gasteiger partial charge in [0.25, 0.3) is 0 Å². The maximum absolute atomic E-state index is 12.0. The summed E-state index contributed by atoms with van der Waals surface area (Å²) in [4.78, 5) is 24.4. The van der Waals surface area contributed by atoms with Crippen molar-refractivity contribution in [3.63, 3.8) is 0 Å². The normalized spacial score (nSPS) is 12.6. The molecule has 0 aromatic heterocycles. The largest absolute Gasteiger partial charge is 0.449 e. The van der Waals surface area contributed by atoms with Crippen molar-refractivity contribution in [3.05, 3.63) is 33.8 Å². The first kappa shape index (κ1) is 18.8. The fourth-order valence-electron chi connectivity index (χ4n) is 1.73. The van der Waals surface area contributed by atoms with Crippen molar-refractivity contribution in [1.29, 1.82) is 0 Å². The van der Waals surface area contributed by atoms with Crippen LogP contribution in [0.3, 0.4) is 0 Å². The van der Waals surface area contributed by atoms with Crippen molar-refractivity contribution < 1.29 is 14.3 Å². The van der Waals surface area contributed by atoms with Gasteiger partial charge >= 0.3 is 6.09 Å². The highest BCUT2D eigenvalue weighted by Crippen LogP contribution is 2.28. The topological polar surface area (TPSA) is 46.6 Å². The minimum absolute atomic E-state index is 0.107. The lowest BCUT2D eigenvalue weighted by atomic mass is 9.97. The molecule has 0 unspecified atom stereocenters. The van der Waals surface area contributed by atoms with Crippen LogP contribution in [-0.2, 0) is 9.53 Å². The third kappa shape index (κ3) is 5.18. The first-order chi connectivity index (χ1) is 10.2. The predicted octanol–water partition coefficient (Wildman–Crippen LogP) is 4.53. The van der Waals surface area contributed by atoms with Crippen LogP contribution in [0.15, 0.2) is 18.2 Å². The van der Waals surface area contributed by atoms with Gasteiger partial charge in [0, 0.05) is 24.9 Å². The van der Waals surface area contributed by atoms with Crippen LogP contribution in [0.5, 0.6) is 0 Å². The molecule has 0 aliphatic heterocycles. The van der Waals surface area contributed by atoms with Gasteiger partial charge in [0.2, 0.25) is 0 Å². The number of hydrogen-bond donors (Lipinski definition) is 0. The van der Waals surface area contributed by atoms with Crippen LogP contribution in [0.2, 0.25) is 10.0 Å². The number of nitrogens with zero attached hydrogens (tertiary/aromatic N) is 1. The molecule has 0 radical (unpaired) electrons. The van der Waals surface area contributed by atoms with E-state index in [0.717, 1.165) is 11.8 Å². The molecule has 1 aromatic carbocycles. The van der Waals surface area contributed by atoms with Crippen molar-refractivity contribution in [2.75, 3.05) is 13.7 Å². The third-order valence-corrected chi connectivity index (χ3v) is 4.22. The Morgan fingerprint density at radius 3 is 2.45 bits per heavy atom. The first-order valence-corrected chi connectivity index (χ1v) is 7.71. The second-order valence-corrected chi connectivity index (χ2v) is 6.89. The summed E-state index contributed by atoms with van der Waals surface area (Å²) in [6, 6.07) is 5.14. The van der Waals surface area contributed by atoms with E-state index in [0.29, 0.717) is 10.0 Å². The highest BCUT2D eigenvalue weighted by atomic mass is 35.5. The Kier molecular flexibility index (Phi) is 6.69. The van der Waals surface area contributed by atoms with Crippen LogP contribution < -0.4 is 0 Å². The molecule has 4 nitrogen and oxygen atoms in total. The molecule has 1 aromatic rings. The predicted molar refractivity (Wildman–Crippen MR) is 88.7 cm³/mol. The highest BCUT2D eigenvalue weighted by Gasteiger charge is 2.24. The SMILES string of the molecule is CN(C(=O)OC[C@@H](CC=O)c1ccc(Cl)c(Cl)c1)C(C)(C)C. The van der Waals surface area contributed by atoms with Gasteiger partial charge in [0.15, 0.2) is 0 Å². The summed E-state index contributed by atoms with van der Waals surface area (Å²) >= 11 is 11.9. The van der Waals surface area contributed by atoms with Crippen LogP contribution >= 0.6 is 23.2 Å². The van der Waals surface area contributed by atoms with E-state index in [2.05, 4.69) is 0 Å². The molecule has 0 saturated heterocycles. The summed E-state index contributed by atoms with van der Waals surface area (Å²) < 4.78 is 5.32. The quantitative estimate of drug-likeness (QED) is 0.736. The minimum atomic E-state index is -0.427. The van der Waals surface area contributed by atoms with Crippen LogP contribution in [0.1, 0.15) is 38.7 Å². The van der Waals surface area contributed by atoms with Crippen molar-refractivity contribution in [2.24, 2.45) is 0 Å². The number of benzene rings is 1. The van der Waals surface area contributed by atoms with Gasteiger partial charge in [-0.2, -0.15) is 0 Å². The Morgan fingerprint density at radius 2 is 1.95 bits per heavy atom. The van der Waals surface area contributed by atoms with Crippen LogP contribution in [0.25, 0.3) is 0 Å². The third-order valence-electron chi connectivity index (χ3n) is 3.48. The maximum atomic E-state index is 12.0. The zero-order chi connectivity index (χ0) is 16.9. The molecule has 0 aliphatic carbocycles. The maximum Gasteiger partial charge on any atom is 0.409 e. The lowest BCUT2D eigenvalue weighted by Gasteiger charge is -2.31. The van der Waals surface area contributed by atoms with E-state index < -0.39 is 6.09 Å². The zero-order valence-corrected chi connectivity index (χ0v) is 14.7. The van der Waals surface area contributed by atoms with Gasteiger partial charge in [-0.05, 0) is 38.5 Å². The molecular formula is C16H21Cl2NO3. The van der Waals surface area contributed by atoms with Crippen LogP contribution in [0, 0.1) is 0 Å². The molecule has 6 heteroatoms. The molecule has 0 N–H and O–H groups in total. The van der Waals surface area contributed by atoms with Gasteiger partial charge in [-0.1, -0.05) is 29.3 Å². The summed E-state index contributed by atoms with van der Waals surface area (Å²) in [5.74, 6) is -0.246. The van der Waals surface area contributed by atoms with Crippen molar-refractivity contribution in [1.82, 2.24) is 4.90 Å². The molecular weight excluding hydrogens is 325 g/mol. The number of halogens is 2. The lowest BCUT2D eigenvalue weighted by Crippen LogP contribution is -2.43. The van der Waals surface area contributed by atoms with E-state index in [1.165, 1.54) is 4.90 Å². The van der Waals surface area contributed by atoms with E-state index in [1.54, 1.807) is 25.2 Å². The molecule has 0 bridgehead atoms. The van der Waals surface area contributed by atoms with E-state index in [9.17, 15) is 9.59 Å². The molecule has 0 heterocycles. The molecule has 0 saturated carbocycles. The molecule has 0 spiro atoms. The highest BCUT2D eigenvalue weighted by molar-refractivity contribution is 6.42. The lowest BCUT2D eigenvalue weighted by molar-refractivity contribution is -0.108.